The van der Waals surface area contributed by atoms with Crippen LogP contribution in [0.2, 0.25) is 0 Å². The van der Waals surface area contributed by atoms with Crippen molar-refractivity contribution in [2.45, 2.75) is 13.8 Å². The molecular weight excluding hydrogens is 644 g/mol. The average Bonchev–Trinajstić information content (AvgIpc) is 3.16. The lowest BCUT2D eigenvalue weighted by Gasteiger charge is -2.17. The summed E-state index contributed by atoms with van der Waals surface area (Å²) in [5.41, 5.74) is 4.01. The Morgan fingerprint density at radius 3 is 1.10 bits per heavy atom. The minimum atomic E-state index is -0.303. The summed E-state index contributed by atoms with van der Waals surface area (Å²) in [5.74, 6) is 3.37. The van der Waals surface area contributed by atoms with Gasteiger partial charge in [0.25, 0.3) is 0 Å². The van der Waals surface area contributed by atoms with E-state index in [4.69, 9.17) is 28.4 Å². The van der Waals surface area contributed by atoms with Gasteiger partial charge in [0.05, 0.1) is 14.2 Å². The van der Waals surface area contributed by atoms with E-state index >= 15 is 0 Å². The molecule has 0 amide bonds. The van der Waals surface area contributed by atoms with E-state index in [1.165, 1.54) is 0 Å². The molecule has 256 valence electrons. The van der Waals surface area contributed by atoms with Gasteiger partial charge in [-0.25, -0.2) is 0 Å². The van der Waals surface area contributed by atoms with E-state index in [9.17, 15) is 9.59 Å². The van der Waals surface area contributed by atoms with Crippen LogP contribution in [0.1, 0.15) is 43.0 Å². The smallest absolute Gasteiger partial charge is 0.231 e. The number of rotatable bonds is 14. The molecule has 0 spiro atoms. The molecule has 0 saturated heterocycles. The van der Waals surface area contributed by atoms with Crippen molar-refractivity contribution in [1.82, 2.24) is 0 Å². The standard InChI is InChI=1S/C43H36O8/c1-28-5-9-30(10-6-28)42(44)32-13-23-38(50-36-19-15-34(46-3)16-20-36)40(25-32)48-27-49-41-26-33(43(45)31-11-7-29(2)8-12-31)14-24-39(41)51-37-21-17-35(47-4)18-22-37/h5-26H,27H2,1-4H3. The predicted molar refractivity (Wildman–Crippen MR) is 194 cm³/mol. The van der Waals surface area contributed by atoms with Crippen LogP contribution in [0.15, 0.2) is 133 Å². The molecule has 6 aromatic rings. The van der Waals surface area contributed by atoms with Crippen molar-refractivity contribution >= 4 is 11.6 Å². The third-order valence-corrected chi connectivity index (χ3v) is 8.04. The number of benzene rings is 6. The monoisotopic (exact) mass is 680 g/mol. The topological polar surface area (TPSA) is 89.5 Å². The molecular formula is C43H36O8. The minimum Gasteiger partial charge on any atom is -0.497 e. The highest BCUT2D eigenvalue weighted by Gasteiger charge is 2.18. The van der Waals surface area contributed by atoms with E-state index in [1.54, 1.807) is 123 Å². The maximum absolute atomic E-state index is 13.4. The molecule has 0 heterocycles. The zero-order chi connectivity index (χ0) is 35.7. The molecule has 0 fully saturated rings. The third-order valence-electron chi connectivity index (χ3n) is 8.04. The van der Waals surface area contributed by atoms with E-state index in [0.717, 1.165) is 11.1 Å². The van der Waals surface area contributed by atoms with Gasteiger partial charge in [0.1, 0.15) is 23.0 Å². The lowest BCUT2D eigenvalue weighted by Crippen LogP contribution is -2.10. The molecule has 6 aromatic carbocycles. The molecule has 8 heteroatoms. The largest absolute Gasteiger partial charge is 0.497 e. The second kappa shape index (κ2) is 15.8. The van der Waals surface area contributed by atoms with Gasteiger partial charge in [-0.3, -0.25) is 9.59 Å². The van der Waals surface area contributed by atoms with Gasteiger partial charge < -0.3 is 28.4 Å². The molecule has 0 N–H and O–H groups in total. The number of carbonyl (C=O) groups is 2. The highest BCUT2D eigenvalue weighted by Crippen LogP contribution is 2.36. The quantitative estimate of drug-likeness (QED) is 0.0830. The van der Waals surface area contributed by atoms with Gasteiger partial charge in [0.15, 0.2) is 34.6 Å². The van der Waals surface area contributed by atoms with E-state index in [1.807, 2.05) is 38.1 Å². The highest BCUT2D eigenvalue weighted by molar-refractivity contribution is 6.10. The van der Waals surface area contributed by atoms with Crippen LogP contribution in [0.5, 0.6) is 46.0 Å². The fraction of sp³-hybridized carbons (Fsp3) is 0.116. The van der Waals surface area contributed by atoms with Crippen molar-refractivity contribution in [2.75, 3.05) is 21.0 Å². The Morgan fingerprint density at radius 2 is 0.745 bits per heavy atom. The Kier molecular flexibility index (Phi) is 10.6. The summed E-state index contributed by atoms with van der Waals surface area (Å²) in [6, 6.07) is 38.9. The maximum atomic E-state index is 13.4. The Labute approximate surface area is 296 Å². The van der Waals surface area contributed by atoms with Crippen LogP contribution in [0.25, 0.3) is 0 Å². The first-order valence-electron chi connectivity index (χ1n) is 16.2. The highest BCUT2D eigenvalue weighted by atomic mass is 16.7. The van der Waals surface area contributed by atoms with Crippen LogP contribution in [0, 0.1) is 13.8 Å². The Balaban J connectivity index is 1.29. The van der Waals surface area contributed by atoms with Gasteiger partial charge in [-0.1, -0.05) is 59.7 Å². The Hall–Kier alpha value is -6.54. The summed E-state index contributed by atoms with van der Waals surface area (Å²) in [6.07, 6.45) is 0. The van der Waals surface area contributed by atoms with Crippen LogP contribution in [-0.4, -0.2) is 32.6 Å². The number of methoxy groups -OCH3 is 2. The summed E-state index contributed by atoms with van der Waals surface area (Å²) in [5, 5.41) is 0. The number of aryl methyl sites for hydroxylation is 2. The van der Waals surface area contributed by atoms with Crippen molar-refractivity contribution in [3.63, 3.8) is 0 Å². The van der Waals surface area contributed by atoms with Crippen molar-refractivity contribution in [3.05, 3.63) is 167 Å². The lowest BCUT2D eigenvalue weighted by molar-refractivity contribution is 0.103. The molecule has 0 aromatic heterocycles. The Morgan fingerprint density at radius 1 is 0.412 bits per heavy atom. The second-order valence-electron chi connectivity index (χ2n) is 11.7. The SMILES string of the molecule is COc1ccc(Oc2ccc(C(=O)c3ccc(C)cc3)cc2OCOc2cc(C(=O)c3ccc(C)cc3)ccc2Oc2ccc(OC)cc2)cc1. The molecule has 0 aliphatic carbocycles. The number of hydrogen-bond donors (Lipinski definition) is 0. The molecule has 0 aliphatic rings. The molecule has 0 saturated carbocycles. The number of ether oxygens (including phenoxy) is 6. The summed E-state index contributed by atoms with van der Waals surface area (Å²) < 4.78 is 35.2. The first kappa shape index (κ1) is 34.3. The molecule has 6 rings (SSSR count). The van der Waals surface area contributed by atoms with E-state index in [2.05, 4.69) is 0 Å². The van der Waals surface area contributed by atoms with Gasteiger partial charge in [-0.15, -0.1) is 0 Å². The molecule has 8 nitrogen and oxygen atoms in total. The molecule has 0 aliphatic heterocycles. The zero-order valence-corrected chi connectivity index (χ0v) is 28.7. The van der Waals surface area contributed by atoms with E-state index in [-0.39, 0.29) is 29.9 Å². The predicted octanol–water partition coefficient (Wildman–Crippen LogP) is 9.78. The second-order valence-corrected chi connectivity index (χ2v) is 11.7. The van der Waals surface area contributed by atoms with E-state index < -0.39 is 0 Å². The van der Waals surface area contributed by atoms with Crippen molar-refractivity contribution in [2.24, 2.45) is 0 Å². The summed E-state index contributed by atoms with van der Waals surface area (Å²) >= 11 is 0. The molecule has 51 heavy (non-hydrogen) atoms. The first-order valence-corrected chi connectivity index (χ1v) is 16.2. The van der Waals surface area contributed by atoms with Crippen LogP contribution >= 0.6 is 0 Å². The van der Waals surface area contributed by atoms with Gasteiger partial charge in [-0.05, 0) is 98.8 Å². The number of carbonyl (C=O) groups excluding carboxylic acids is 2. The zero-order valence-electron chi connectivity index (χ0n) is 28.7. The van der Waals surface area contributed by atoms with Crippen LogP contribution in [-0.2, 0) is 0 Å². The summed E-state index contributed by atoms with van der Waals surface area (Å²) in [6.45, 7) is 3.63. The van der Waals surface area contributed by atoms with Gasteiger partial charge in [0, 0.05) is 22.3 Å². The van der Waals surface area contributed by atoms with Crippen LogP contribution in [0.4, 0.5) is 0 Å². The van der Waals surface area contributed by atoms with Gasteiger partial charge >= 0.3 is 0 Å². The van der Waals surface area contributed by atoms with Crippen molar-refractivity contribution < 1.29 is 38.0 Å². The molecule has 0 atom stereocenters. The normalized spacial score (nSPS) is 10.6. The van der Waals surface area contributed by atoms with Crippen molar-refractivity contribution in [3.8, 4) is 46.0 Å². The fourth-order valence-corrected chi connectivity index (χ4v) is 5.13. The maximum Gasteiger partial charge on any atom is 0.231 e. The van der Waals surface area contributed by atoms with Gasteiger partial charge in [-0.2, -0.15) is 0 Å². The summed E-state index contributed by atoms with van der Waals surface area (Å²) in [7, 11) is 3.18. The Bertz CT molecular complexity index is 1960. The van der Waals surface area contributed by atoms with Gasteiger partial charge in [0.2, 0.25) is 6.79 Å². The van der Waals surface area contributed by atoms with Crippen LogP contribution < -0.4 is 28.4 Å². The van der Waals surface area contributed by atoms with Crippen LogP contribution in [0.3, 0.4) is 0 Å². The lowest BCUT2D eigenvalue weighted by atomic mass is 10.0. The van der Waals surface area contributed by atoms with E-state index in [0.29, 0.717) is 56.8 Å². The molecule has 0 bridgehead atoms. The number of hydrogen-bond acceptors (Lipinski definition) is 8. The first-order chi connectivity index (χ1) is 24.8. The molecule has 0 unspecified atom stereocenters. The third kappa shape index (κ3) is 8.55. The summed E-state index contributed by atoms with van der Waals surface area (Å²) in [4.78, 5) is 26.9. The molecule has 0 radical (unpaired) electrons. The van der Waals surface area contributed by atoms with Crippen molar-refractivity contribution in [1.29, 1.82) is 0 Å². The average molecular weight is 681 g/mol. The fourth-order valence-electron chi connectivity index (χ4n) is 5.13. The number of ketones is 2. The minimum absolute atomic E-state index is 0.172.